The number of nitrogens with zero attached hydrogens (tertiary/aromatic N) is 1. The van der Waals surface area contributed by atoms with Crippen LogP contribution in [0.5, 0.6) is 0 Å². The SMILES string of the molecule is CC(C)OC(=O)C(C)N[P+](=O)OCC1CCC(c2ccccn2)O1. The van der Waals surface area contributed by atoms with Crippen LogP contribution in [0.3, 0.4) is 0 Å². The van der Waals surface area contributed by atoms with E-state index in [9.17, 15) is 9.36 Å². The summed E-state index contributed by atoms with van der Waals surface area (Å²) in [6.45, 7) is 5.31. The first-order valence-corrected chi connectivity index (χ1v) is 9.26. The minimum absolute atomic E-state index is 0.0504. The van der Waals surface area contributed by atoms with Crippen LogP contribution in [0.2, 0.25) is 0 Å². The molecule has 1 saturated heterocycles. The van der Waals surface area contributed by atoms with E-state index < -0.39 is 20.2 Å². The Morgan fingerprint density at radius 2 is 2.21 bits per heavy atom. The van der Waals surface area contributed by atoms with Gasteiger partial charge >= 0.3 is 14.1 Å². The average molecular weight is 355 g/mol. The summed E-state index contributed by atoms with van der Waals surface area (Å²) >= 11 is 0. The molecule has 1 aromatic heterocycles. The second kappa shape index (κ2) is 9.18. The summed E-state index contributed by atoms with van der Waals surface area (Å²) in [6, 6.07) is 5.02. The maximum absolute atomic E-state index is 11.9. The molecule has 0 aromatic carbocycles. The Kier molecular flexibility index (Phi) is 7.24. The van der Waals surface area contributed by atoms with Crippen LogP contribution < -0.4 is 5.09 Å². The Bertz CT molecular complexity index is 555. The van der Waals surface area contributed by atoms with Gasteiger partial charge in [-0.2, -0.15) is 0 Å². The molecule has 4 unspecified atom stereocenters. The summed E-state index contributed by atoms with van der Waals surface area (Å²) in [4.78, 5) is 15.9. The van der Waals surface area contributed by atoms with Crippen LogP contribution in [-0.4, -0.2) is 35.8 Å². The lowest BCUT2D eigenvalue weighted by atomic mass is 10.1. The van der Waals surface area contributed by atoms with E-state index in [4.69, 9.17) is 14.0 Å². The lowest BCUT2D eigenvalue weighted by molar-refractivity contribution is -0.149. The van der Waals surface area contributed by atoms with Gasteiger partial charge in [0.15, 0.2) is 0 Å². The second-order valence-electron chi connectivity index (χ2n) is 5.97. The number of esters is 1. The molecule has 0 amide bonds. The van der Waals surface area contributed by atoms with E-state index in [0.29, 0.717) is 0 Å². The molecule has 0 spiro atoms. The predicted molar refractivity (Wildman–Crippen MR) is 88.5 cm³/mol. The van der Waals surface area contributed by atoms with Gasteiger partial charge in [0.05, 0.1) is 24.0 Å². The van der Waals surface area contributed by atoms with Gasteiger partial charge in [-0.1, -0.05) is 11.2 Å². The molecule has 1 N–H and O–H groups in total. The normalized spacial score (nSPS) is 22.4. The lowest BCUT2D eigenvalue weighted by Crippen LogP contribution is -2.33. The highest BCUT2D eigenvalue weighted by atomic mass is 31.1. The van der Waals surface area contributed by atoms with Crippen molar-refractivity contribution in [2.75, 3.05) is 6.61 Å². The summed E-state index contributed by atoms with van der Waals surface area (Å²) in [5.41, 5.74) is 0.896. The molecule has 0 aliphatic carbocycles. The largest absolute Gasteiger partial charge is 0.613 e. The molecule has 8 heteroatoms. The number of hydrogen-bond acceptors (Lipinski definition) is 6. The van der Waals surface area contributed by atoms with Crippen molar-refractivity contribution >= 4 is 14.1 Å². The third kappa shape index (κ3) is 5.91. The maximum atomic E-state index is 11.9. The molecule has 7 nitrogen and oxygen atoms in total. The van der Waals surface area contributed by atoms with Gasteiger partial charge in [0.1, 0.15) is 12.6 Å². The number of carbonyl (C=O) groups is 1. The Morgan fingerprint density at radius 3 is 2.88 bits per heavy atom. The topological polar surface area (TPSA) is 86.8 Å². The number of hydrogen-bond donors (Lipinski definition) is 1. The van der Waals surface area contributed by atoms with Crippen molar-refractivity contribution in [1.29, 1.82) is 0 Å². The first kappa shape index (κ1) is 18.9. The van der Waals surface area contributed by atoms with Crippen LogP contribution in [0.1, 0.15) is 45.4 Å². The number of ether oxygens (including phenoxy) is 2. The molecule has 1 fully saturated rings. The maximum Gasteiger partial charge on any atom is 0.613 e. The van der Waals surface area contributed by atoms with Crippen LogP contribution in [0, 0.1) is 0 Å². The van der Waals surface area contributed by atoms with Crippen LogP contribution >= 0.6 is 8.18 Å². The summed E-state index contributed by atoms with van der Waals surface area (Å²) in [6.07, 6.45) is 3.01. The third-order valence-corrected chi connectivity index (χ3v) is 4.49. The molecule has 0 radical (unpaired) electrons. The zero-order valence-electron chi connectivity index (χ0n) is 14.2. The van der Waals surface area contributed by atoms with Crippen molar-refractivity contribution in [3.05, 3.63) is 30.1 Å². The van der Waals surface area contributed by atoms with Crippen molar-refractivity contribution < 1.29 is 23.4 Å². The van der Waals surface area contributed by atoms with E-state index in [2.05, 4.69) is 10.1 Å². The average Bonchev–Trinajstić information content (AvgIpc) is 3.02. The Hall–Kier alpha value is -1.40. The Labute approximate surface area is 143 Å². The van der Waals surface area contributed by atoms with E-state index in [1.807, 2.05) is 18.2 Å². The van der Waals surface area contributed by atoms with E-state index >= 15 is 0 Å². The van der Waals surface area contributed by atoms with Gasteiger partial charge < -0.3 is 9.47 Å². The molecule has 0 bridgehead atoms. The zero-order chi connectivity index (χ0) is 17.5. The number of pyridine rings is 1. The van der Waals surface area contributed by atoms with E-state index in [1.54, 1.807) is 27.0 Å². The van der Waals surface area contributed by atoms with Gasteiger partial charge in [-0.25, -0.2) is 0 Å². The summed E-state index contributed by atoms with van der Waals surface area (Å²) in [7, 11) is -2.16. The summed E-state index contributed by atoms with van der Waals surface area (Å²) < 4.78 is 28.1. The summed E-state index contributed by atoms with van der Waals surface area (Å²) in [5.74, 6) is -0.454. The summed E-state index contributed by atoms with van der Waals surface area (Å²) in [5, 5.41) is 2.60. The molecular formula is C16H24N2O5P+. The van der Waals surface area contributed by atoms with Gasteiger partial charge in [-0.05, 0) is 50.3 Å². The van der Waals surface area contributed by atoms with Gasteiger partial charge in [0.25, 0.3) is 0 Å². The predicted octanol–water partition coefficient (Wildman–Crippen LogP) is 2.91. The van der Waals surface area contributed by atoms with E-state index in [0.717, 1.165) is 18.5 Å². The van der Waals surface area contributed by atoms with Crippen molar-refractivity contribution in [2.45, 2.75) is 58.0 Å². The fourth-order valence-electron chi connectivity index (χ4n) is 2.35. The van der Waals surface area contributed by atoms with Gasteiger partial charge in [0, 0.05) is 6.20 Å². The van der Waals surface area contributed by atoms with Crippen LogP contribution in [0.4, 0.5) is 0 Å². The van der Waals surface area contributed by atoms with Crippen LogP contribution in [0.15, 0.2) is 24.4 Å². The highest BCUT2D eigenvalue weighted by Crippen LogP contribution is 2.32. The molecule has 4 atom stereocenters. The molecule has 2 heterocycles. The smallest absolute Gasteiger partial charge is 0.462 e. The van der Waals surface area contributed by atoms with Crippen molar-refractivity contribution in [1.82, 2.24) is 10.1 Å². The van der Waals surface area contributed by atoms with Crippen molar-refractivity contribution in [3.63, 3.8) is 0 Å². The zero-order valence-corrected chi connectivity index (χ0v) is 15.1. The van der Waals surface area contributed by atoms with E-state index in [-0.39, 0.29) is 24.9 Å². The monoisotopic (exact) mass is 355 g/mol. The first-order valence-electron chi connectivity index (χ1n) is 8.09. The number of rotatable bonds is 8. The molecule has 1 aliphatic rings. The Morgan fingerprint density at radius 1 is 1.42 bits per heavy atom. The minimum Gasteiger partial charge on any atom is -0.462 e. The molecule has 1 aromatic rings. The molecule has 132 valence electrons. The number of aromatic nitrogens is 1. The quantitative estimate of drug-likeness (QED) is 0.567. The standard InChI is InChI=1S/C16H24N2O5P/c1-11(2)22-16(19)12(3)18-24(20)21-10-13-7-8-15(23-13)14-6-4-5-9-17-14/h4-6,9,11-13,15H,7-8,10H2,1-3H3,(H,18,20)/q+1. The second-order valence-corrected chi connectivity index (χ2v) is 7.00. The molecule has 2 rings (SSSR count). The van der Waals surface area contributed by atoms with Gasteiger partial charge in [-0.15, -0.1) is 4.52 Å². The van der Waals surface area contributed by atoms with Gasteiger partial charge in [-0.3, -0.25) is 9.78 Å². The lowest BCUT2D eigenvalue weighted by Gasteiger charge is -2.12. The number of nitrogens with one attached hydrogen (secondary N) is 1. The molecule has 0 saturated carbocycles. The van der Waals surface area contributed by atoms with E-state index in [1.165, 1.54) is 0 Å². The highest BCUT2D eigenvalue weighted by Gasteiger charge is 2.32. The number of carbonyl (C=O) groups excluding carboxylic acids is 1. The van der Waals surface area contributed by atoms with Crippen molar-refractivity contribution in [2.24, 2.45) is 0 Å². The van der Waals surface area contributed by atoms with Crippen LogP contribution in [-0.2, 0) is 23.4 Å². The van der Waals surface area contributed by atoms with Crippen LogP contribution in [0.25, 0.3) is 0 Å². The third-order valence-electron chi connectivity index (χ3n) is 3.51. The molecular weight excluding hydrogens is 331 g/mol. The minimum atomic E-state index is -2.16. The van der Waals surface area contributed by atoms with Gasteiger partial charge in [0.2, 0.25) is 0 Å². The molecule has 1 aliphatic heterocycles. The highest BCUT2D eigenvalue weighted by molar-refractivity contribution is 7.36. The Balaban J connectivity index is 1.70. The fourth-order valence-corrected chi connectivity index (χ4v) is 3.14. The molecule has 24 heavy (non-hydrogen) atoms. The van der Waals surface area contributed by atoms with Crippen molar-refractivity contribution in [3.8, 4) is 0 Å². The first-order chi connectivity index (χ1) is 11.5. The fraction of sp³-hybridized carbons (Fsp3) is 0.625.